The van der Waals surface area contributed by atoms with Crippen LogP contribution in [0.1, 0.15) is 178 Å². The highest BCUT2D eigenvalue weighted by Gasteiger charge is 2.24. The van der Waals surface area contributed by atoms with Crippen molar-refractivity contribution in [1.29, 1.82) is 0 Å². The summed E-state index contributed by atoms with van der Waals surface area (Å²) in [6.07, 6.45) is 33.6. The third-order valence-corrected chi connectivity index (χ3v) is 24.1. The van der Waals surface area contributed by atoms with Gasteiger partial charge in [0.15, 0.2) is 39.7 Å². The van der Waals surface area contributed by atoms with Crippen LogP contribution in [0.25, 0.3) is 110 Å². The van der Waals surface area contributed by atoms with E-state index < -0.39 is 5.82 Å². The standard InChI is InChI=1S/C20H20FN5O.C20H21N5O.2C19H20N4O.C18H18N4O/c21-13-9-16-19(22-11-13)24-25-20(16)23-14-6-7-15-17(26-27-18(15)10-14)8-5-12-3-1-2-4-12;1-2-5-13(4-1)7-10-17-15-9-8-14(12-18(15)26-25-17)22-20-16-6-3-11-21-19(16)23-24-20;1-3-12(4-2)15-11-24-17-10-13(7-8-14(15)17)21-19-18-16(22-23-19)6-5-9-20-18;1-3-12(4-2)16-11-24-17-10-13(7-8-14(16)17)21-19-15-6-5-9-20-18(15)22-23-19;1-18(2,3)13-10-23-15-9-11(6-7-12(13)15)20-17-16-14(21-22-17)5-4-8-19-16/h6-7,9-12H,1-5,8H2,(H2,22,23,24,25);3,6,8-9,11-13H,1-2,4-5,7,10H2,(H2,21,22,23,24);5-12H,3-4H2,1-2H3,(H2,21,22,23);5-12H,3-4H2,1-2H3,(H2,20,21,22,23);4-10H,1-3H3,(H2,20,21,22). The van der Waals surface area contributed by atoms with E-state index >= 15 is 0 Å². The number of H-pyrrole nitrogens is 5. The number of fused-ring (bicyclic) bond motifs is 10. The largest absolute Gasteiger partial charge is 0.464 e. The van der Waals surface area contributed by atoms with Crippen LogP contribution in [0.4, 0.5) is 61.9 Å². The van der Waals surface area contributed by atoms with Gasteiger partial charge < -0.3 is 48.9 Å². The maximum atomic E-state index is 13.5. The van der Waals surface area contributed by atoms with Gasteiger partial charge in [0.05, 0.1) is 63.6 Å². The number of aryl methyl sites for hydroxylation is 2. The molecule has 22 rings (SSSR count). The summed E-state index contributed by atoms with van der Waals surface area (Å²) in [6.45, 7) is 15.4. The molecular formula is C96H99FN22O5. The molecule has 28 heteroatoms. The molecule has 15 aromatic heterocycles. The number of anilines is 10. The Morgan fingerprint density at radius 2 is 0.782 bits per heavy atom. The Kier molecular flexibility index (Phi) is 23.5. The average Bonchev–Trinajstić information content (AvgIpc) is 1.63. The van der Waals surface area contributed by atoms with Crippen LogP contribution >= 0.6 is 0 Å². The highest BCUT2D eigenvalue weighted by molar-refractivity contribution is 5.96. The lowest BCUT2D eigenvalue weighted by molar-refractivity contribution is 0.434. The highest BCUT2D eigenvalue weighted by atomic mass is 19.1. The second kappa shape index (κ2) is 36.2. The van der Waals surface area contributed by atoms with E-state index in [1.807, 2.05) is 116 Å². The second-order valence-corrected chi connectivity index (χ2v) is 33.1. The Labute approximate surface area is 712 Å². The van der Waals surface area contributed by atoms with E-state index in [9.17, 15) is 4.39 Å². The van der Waals surface area contributed by atoms with Crippen molar-refractivity contribution >= 4 is 168 Å². The zero-order valence-corrected chi connectivity index (χ0v) is 70.4. The molecule has 0 unspecified atom stereocenters. The molecular weight excluding hydrogens is 1560 g/mol. The number of hydrogen-bond acceptors (Lipinski definition) is 22. The van der Waals surface area contributed by atoms with E-state index in [0.29, 0.717) is 45.8 Å². The topological polar surface area (TPSA) is 359 Å². The number of benzene rings is 5. The van der Waals surface area contributed by atoms with E-state index in [1.54, 1.807) is 24.8 Å². The molecule has 0 radical (unpaired) electrons. The third kappa shape index (κ3) is 17.6. The summed E-state index contributed by atoms with van der Waals surface area (Å²) in [5.41, 5.74) is 20.1. The molecule has 2 saturated carbocycles. The van der Waals surface area contributed by atoms with Crippen LogP contribution in [-0.4, -0.2) is 86.2 Å². The fourth-order valence-electron chi connectivity index (χ4n) is 17.3. The lowest BCUT2D eigenvalue weighted by Gasteiger charge is -2.16. The lowest BCUT2D eigenvalue weighted by Crippen LogP contribution is -2.09. The fraction of sp³-hybridized carbons (Fsp3) is 0.292. The zero-order chi connectivity index (χ0) is 84.6. The van der Waals surface area contributed by atoms with Crippen molar-refractivity contribution in [1.82, 2.24) is 86.2 Å². The molecule has 5 aromatic carbocycles. The van der Waals surface area contributed by atoms with E-state index in [2.05, 4.69) is 204 Å². The van der Waals surface area contributed by atoms with Gasteiger partial charge in [-0.15, -0.1) is 0 Å². The van der Waals surface area contributed by atoms with Gasteiger partial charge >= 0.3 is 0 Å². The summed E-state index contributed by atoms with van der Waals surface area (Å²) in [5.74, 6) is 6.08. The number of nitrogens with one attached hydrogen (secondary N) is 10. The maximum absolute atomic E-state index is 13.5. The van der Waals surface area contributed by atoms with Crippen molar-refractivity contribution < 1.29 is 26.7 Å². The zero-order valence-electron chi connectivity index (χ0n) is 70.4. The molecule has 0 atom stereocenters. The monoisotopic (exact) mass is 1660 g/mol. The predicted molar refractivity (Wildman–Crippen MR) is 488 cm³/mol. The van der Waals surface area contributed by atoms with Crippen LogP contribution in [0.2, 0.25) is 0 Å². The molecule has 15 heterocycles. The first-order valence-corrected chi connectivity index (χ1v) is 43.1. The normalized spacial score (nSPS) is 13.2. The number of hydrogen-bond donors (Lipinski definition) is 10. The number of pyridine rings is 5. The molecule has 20 aromatic rings. The second-order valence-electron chi connectivity index (χ2n) is 33.1. The van der Waals surface area contributed by atoms with Crippen molar-refractivity contribution in [2.45, 2.75) is 168 Å². The number of nitrogens with zero attached hydrogens (tertiary/aromatic N) is 12. The van der Waals surface area contributed by atoms with E-state index in [0.717, 1.165) is 191 Å². The third-order valence-electron chi connectivity index (χ3n) is 24.1. The van der Waals surface area contributed by atoms with Crippen LogP contribution in [0.5, 0.6) is 0 Å². The van der Waals surface area contributed by atoms with Crippen molar-refractivity contribution in [3.8, 4) is 0 Å². The summed E-state index contributed by atoms with van der Waals surface area (Å²) in [5, 5.41) is 69.3. The summed E-state index contributed by atoms with van der Waals surface area (Å²) < 4.78 is 41.9. The van der Waals surface area contributed by atoms with Crippen molar-refractivity contribution in [3.63, 3.8) is 0 Å². The molecule has 0 spiro atoms. The maximum Gasteiger partial charge on any atom is 0.183 e. The minimum atomic E-state index is -0.399. The minimum absolute atomic E-state index is 0.0580. The van der Waals surface area contributed by atoms with Crippen LogP contribution in [0, 0.1) is 17.7 Å². The Morgan fingerprint density at radius 1 is 0.395 bits per heavy atom. The molecule has 0 saturated heterocycles. The first kappa shape index (κ1) is 80.7. The molecule has 10 N–H and O–H groups in total. The van der Waals surface area contributed by atoms with Crippen molar-refractivity contribution in [2.75, 3.05) is 26.6 Å². The van der Waals surface area contributed by atoms with Gasteiger partial charge in [0.1, 0.15) is 51.1 Å². The number of aromatic nitrogens is 17. The molecule has 2 aliphatic rings. The Balaban J connectivity index is 0.000000106. The van der Waals surface area contributed by atoms with Gasteiger partial charge in [0.25, 0.3) is 0 Å². The first-order valence-electron chi connectivity index (χ1n) is 43.1. The van der Waals surface area contributed by atoms with Crippen LogP contribution in [0.15, 0.2) is 218 Å². The van der Waals surface area contributed by atoms with Gasteiger partial charge in [-0.3, -0.25) is 35.5 Å². The van der Waals surface area contributed by atoms with Crippen molar-refractivity contribution in [2.24, 2.45) is 11.8 Å². The van der Waals surface area contributed by atoms with Crippen molar-refractivity contribution in [3.05, 3.63) is 229 Å². The molecule has 630 valence electrons. The van der Waals surface area contributed by atoms with Gasteiger partial charge in [0.2, 0.25) is 0 Å². The molecule has 0 amide bonds. The Bertz CT molecular complexity index is 6870. The van der Waals surface area contributed by atoms with Gasteiger partial charge in [-0.25, -0.2) is 19.3 Å². The van der Waals surface area contributed by atoms with E-state index in [-0.39, 0.29) is 5.41 Å². The fourth-order valence-corrected chi connectivity index (χ4v) is 17.3. The molecule has 2 fully saturated rings. The summed E-state index contributed by atoms with van der Waals surface area (Å²) in [7, 11) is 0. The highest BCUT2D eigenvalue weighted by Crippen LogP contribution is 2.40. The SMILES string of the molecule is CC(C)(C)c1coc2cc(Nc3n[nH]c4cccnc34)ccc12.CCC(CC)c1coc2cc(Nc3[nH]nc4ncccc34)ccc12.CCC(CC)c1coc2cc(Nc3n[nH]c4cccnc34)ccc12.Fc1cnc2n[nH]c(Nc3ccc4c(CCC5CCCC5)noc4c3)c2c1.c1cnc2n[nH]c(Nc3ccc4c(CCC5CCCC5)noc4c3)c2c1. The molecule has 2 aliphatic carbocycles. The predicted octanol–water partition coefficient (Wildman–Crippen LogP) is 25.5. The van der Waals surface area contributed by atoms with Crippen LogP contribution in [0.3, 0.4) is 0 Å². The first-order chi connectivity index (χ1) is 60.7. The van der Waals surface area contributed by atoms with Gasteiger partial charge in [-0.1, -0.05) is 110 Å². The Hall–Kier alpha value is -14.3. The lowest BCUT2D eigenvalue weighted by atomic mass is 9.87. The van der Waals surface area contributed by atoms with Crippen LogP contribution < -0.4 is 26.6 Å². The molecule has 0 bridgehead atoms. The summed E-state index contributed by atoms with van der Waals surface area (Å²) in [6, 6.07) is 47.5. The summed E-state index contributed by atoms with van der Waals surface area (Å²) in [4.78, 5) is 21.2. The summed E-state index contributed by atoms with van der Waals surface area (Å²) >= 11 is 0. The molecule has 0 aliphatic heterocycles. The van der Waals surface area contributed by atoms with Crippen LogP contribution in [-0.2, 0) is 18.3 Å². The number of halogens is 1. The molecule has 27 nitrogen and oxygen atoms in total. The van der Waals surface area contributed by atoms with E-state index in [1.165, 1.54) is 97.7 Å². The number of rotatable bonds is 22. The van der Waals surface area contributed by atoms with E-state index in [4.69, 9.17) is 22.3 Å². The van der Waals surface area contributed by atoms with Gasteiger partial charge in [0, 0.05) is 127 Å². The average molecular weight is 1660 g/mol. The van der Waals surface area contributed by atoms with Gasteiger partial charge in [-0.05, 0) is 196 Å². The van der Waals surface area contributed by atoms with Gasteiger partial charge in [-0.2, -0.15) is 25.5 Å². The quantitative estimate of drug-likeness (QED) is 0.0301. The Morgan fingerprint density at radius 3 is 1.23 bits per heavy atom. The molecule has 124 heavy (non-hydrogen) atoms. The number of furan rings is 3. The smallest absolute Gasteiger partial charge is 0.183 e. The minimum Gasteiger partial charge on any atom is -0.464 e. The number of aromatic amines is 5.